The molecule has 0 spiro atoms. The van der Waals surface area contributed by atoms with Gasteiger partial charge in [-0.05, 0) is 17.7 Å². The Labute approximate surface area is 134 Å². The zero-order chi connectivity index (χ0) is 16.3. The summed E-state index contributed by atoms with van der Waals surface area (Å²) in [6.07, 6.45) is -4.12. The predicted molar refractivity (Wildman–Crippen MR) is 76.9 cm³/mol. The zero-order valence-corrected chi connectivity index (χ0v) is 13.3. The van der Waals surface area contributed by atoms with Crippen molar-refractivity contribution in [2.75, 3.05) is 32.7 Å². The zero-order valence-electron chi connectivity index (χ0n) is 11.7. The van der Waals surface area contributed by atoms with E-state index in [1.54, 1.807) is 4.90 Å². The van der Waals surface area contributed by atoms with Crippen LogP contribution in [0.4, 0.5) is 17.6 Å². The Morgan fingerprint density at radius 3 is 2.36 bits per heavy atom. The molecule has 0 unspecified atom stereocenters. The van der Waals surface area contributed by atoms with Crippen molar-refractivity contribution in [3.8, 4) is 0 Å². The molecule has 3 nitrogen and oxygen atoms in total. The molecule has 1 aliphatic rings. The van der Waals surface area contributed by atoms with Crippen molar-refractivity contribution in [1.29, 1.82) is 0 Å². The van der Waals surface area contributed by atoms with E-state index in [0.717, 1.165) is 0 Å². The highest BCUT2D eigenvalue weighted by Crippen LogP contribution is 2.20. The lowest BCUT2D eigenvalue weighted by Gasteiger charge is -2.35. The number of hydrogen-bond acceptors (Lipinski definition) is 2. The van der Waals surface area contributed by atoms with E-state index in [2.05, 4.69) is 15.9 Å². The summed E-state index contributed by atoms with van der Waals surface area (Å²) in [4.78, 5) is 15.0. The number of amides is 1. The van der Waals surface area contributed by atoms with Gasteiger partial charge in [-0.15, -0.1) is 0 Å². The molecule has 122 valence electrons. The van der Waals surface area contributed by atoms with Gasteiger partial charge in [0.2, 0.25) is 5.91 Å². The third-order valence-corrected chi connectivity index (χ3v) is 4.22. The quantitative estimate of drug-likeness (QED) is 0.750. The minimum atomic E-state index is -4.22. The summed E-state index contributed by atoms with van der Waals surface area (Å²) < 4.78 is 50.4. The molecule has 1 amide bonds. The van der Waals surface area contributed by atoms with Crippen LogP contribution in [0.3, 0.4) is 0 Å². The van der Waals surface area contributed by atoms with Gasteiger partial charge in [0.05, 0.1) is 13.0 Å². The van der Waals surface area contributed by atoms with Crippen LogP contribution in [0.15, 0.2) is 22.7 Å². The molecule has 1 aromatic carbocycles. The molecule has 8 heteroatoms. The van der Waals surface area contributed by atoms with E-state index in [0.29, 0.717) is 10.0 Å². The number of halogens is 5. The Kier molecular flexibility index (Phi) is 5.44. The number of alkyl halides is 3. The molecule has 1 heterocycles. The van der Waals surface area contributed by atoms with Crippen molar-refractivity contribution in [3.63, 3.8) is 0 Å². The highest BCUT2D eigenvalue weighted by molar-refractivity contribution is 9.10. The van der Waals surface area contributed by atoms with E-state index in [1.165, 1.54) is 23.1 Å². The van der Waals surface area contributed by atoms with Gasteiger partial charge >= 0.3 is 6.18 Å². The van der Waals surface area contributed by atoms with Crippen molar-refractivity contribution >= 4 is 21.8 Å². The first-order valence-corrected chi connectivity index (χ1v) is 7.55. The van der Waals surface area contributed by atoms with Gasteiger partial charge in [-0.3, -0.25) is 9.69 Å². The van der Waals surface area contributed by atoms with Crippen LogP contribution in [-0.4, -0.2) is 54.6 Å². The fourth-order valence-electron chi connectivity index (χ4n) is 2.35. The van der Waals surface area contributed by atoms with E-state index in [-0.39, 0.29) is 38.5 Å². The number of carbonyl (C=O) groups is 1. The van der Waals surface area contributed by atoms with Gasteiger partial charge in [0.25, 0.3) is 0 Å². The minimum Gasteiger partial charge on any atom is -0.340 e. The molecule has 1 aliphatic heterocycles. The fourth-order valence-corrected chi connectivity index (χ4v) is 2.84. The lowest BCUT2D eigenvalue weighted by atomic mass is 10.1. The van der Waals surface area contributed by atoms with Gasteiger partial charge in [-0.25, -0.2) is 4.39 Å². The molecule has 1 saturated heterocycles. The summed E-state index contributed by atoms with van der Waals surface area (Å²) in [5, 5.41) is 0. The minimum absolute atomic E-state index is 0.0974. The lowest BCUT2D eigenvalue weighted by Crippen LogP contribution is -2.51. The molecule has 0 saturated carbocycles. The molecule has 0 N–H and O–H groups in total. The van der Waals surface area contributed by atoms with Crippen molar-refractivity contribution in [3.05, 3.63) is 34.1 Å². The normalized spacial score (nSPS) is 16.9. The van der Waals surface area contributed by atoms with Crippen LogP contribution in [0.5, 0.6) is 0 Å². The van der Waals surface area contributed by atoms with E-state index >= 15 is 0 Å². The Bertz CT molecular complexity index is 542. The topological polar surface area (TPSA) is 23.6 Å². The predicted octanol–water partition coefficient (Wildman–Crippen LogP) is 2.84. The summed E-state index contributed by atoms with van der Waals surface area (Å²) in [6, 6.07) is 4.08. The molecule has 1 fully saturated rings. The SMILES string of the molecule is O=C(Cc1ccc(F)cc1Br)N1CCN(CC(F)(F)F)CC1. The summed E-state index contributed by atoms with van der Waals surface area (Å²) in [5.74, 6) is -0.567. The van der Waals surface area contributed by atoms with Gasteiger partial charge in [0, 0.05) is 30.7 Å². The molecule has 1 aromatic rings. The van der Waals surface area contributed by atoms with Crippen molar-refractivity contribution in [2.24, 2.45) is 0 Å². The van der Waals surface area contributed by atoms with Gasteiger partial charge in [0.15, 0.2) is 0 Å². The third-order valence-electron chi connectivity index (χ3n) is 3.48. The summed E-state index contributed by atoms with van der Waals surface area (Å²) in [5.41, 5.74) is 0.657. The first kappa shape index (κ1) is 17.2. The molecule has 22 heavy (non-hydrogen) atoms. The summed E-state index contributed by atoms with van der Waals surface area (Å²) in [6.45, 7) is 0.00562. The summed E-state index contributed by atoms with van der Waals surface area (Å²) >= 11 is 3.20. The maximum atomic E-state index is 13.0. The van der Waals surface area contributed by atoms with Crippen molar-refractivity contribution < 1.29 is 22.4 Å². The van der Waals surface area contributed by atoms with Crippen molar-refractivity contribution in [2.45, 2.75) is 12.6 Å². The molecule has 0 atom stereocenters. The molecule has 0 aromatic heterocycles. The van der Waals surface area contributed by atoms with Crippen LogP contribution in [0, 0.1) is 5.82 Å². The number of rotatable bonds is 3. The second-order valence-electron chi connectivity index (χ2n) is 5.18. The smallest absolute Gasteiger partial charge is 0.340 e. The highest BCUT2D eigenvalue weighted by atomic mass is 79.9. The van der Waals surface area contributed by atoms with Gasteiger partial charge < -0.3 is 4.90 Å². The number of nitrogens with zero attached hydrogens (tertiary/aromatic N) is 2. The number of hydrogen-bond donors (Lipinski definition) is 0. The van der Waals surface area contributed by atoms with E-state index in [9.17, 15) is 22.4 Å². The van der Waals surface area contributed by atoms with Gasteiger partial charge in [-0.2, -0.15) is 13.2 Å². The Hall–Kier alpha value is -1.15. The van der Waals surface area contributed by atoms with Crippen LogP contribution in [0.25, 0.3) is 0 Å². The third kappa shape index (κ3) is 4.95. The average molecular weight is 383 g/mol. The monoisotopic (exact) mass is 382 g/mol. The Morgan fingerprint density at radius 2 is 1.82 bits per heavy atom. The highest BCUT2D eigenvalue weighted by Gasteiger charge is 2.32. The maximum Gasteiger partial charge on any atom is 0.401 e. The molecule has 0 aliphatic carbocycles. The maximum absolute atomic E-state index is 13.0. The Balaban J connectivity index is 1.87. The average Bonchev–Trinajstić information content (AvgIpc) is 2.41. The molecular formula is C14H15BrF4N2O. The first-order valence-electron chi connectivity index (χ1n) is 6.75. The molecule has 2 rings (SSSR count). The lowest BCUT2D eigenvalue weighted by molar-refractivity contribution is -0.151. The van der Waals surface area contributed by atoms with Gasteiger partial charge in [0.1, 0.15) is 5.82 Å². The number of benzene rings is 1. The second kappa shape index (κ2) is 6.95. The molecule has 0 radical (unpaired) electrons. The largest absolute Gasteiger partial charge is 0.401 e. The summed E-state index contributed by atoms with van der Waals surface area (Å²) in [7, 11) is 0. The van der Waals surface area contributed by atoms with E-state index < -0.39 is 18.5 Å². The van der Waals surface area contributed by atoms with Crippen LogP contribution in [-0.2, 0) is 11.2 Å². The molecule has 0 bridgehead atoms. The second-order valence-corrected chi connectivity index (χ2v) is 6.04. The first-order chi connectivity index (χ1) is 10.2. The number of piperazine rings is 1. The van der Waals surface area contributed by atoms with Crippen LogP contribution < -0.4 is 0 Å². The van der Waals surface area contributed by atoms with E-state index in [1.807, 2.05) is 0 Å². The molecular weight excluding hydrogens is 368 g/mol. The fraction of sp³-hybridized carbons (Fsp3) is 0.500. The van der Waals surface area contributed by atoms with Crippen LogP contribution in [0.2, 0.25) is 0 Å². The standard InChI is InChI=1S/C14H15BrF4N2O/c15-12-8-11(16)2-1-10(12)7-13(22)21-5-3-20(4-6-21)9-14(17,18)19/h1-2,8H,3-7,9H2. The van der Waals surface area contributed by atoms with Gasteiger partial charge in [-0.1, -0.05) is 22.0 Å². The number of carbonyl (C=O) groups excluding carboxylic acids is 1. The Morgan fingerprint density at radius 1 is 1.18 bits per heavy atom. The van der Waals surface area contributed by atoms with Crippen LogP contribution >= 0.6 is 15.9 Å². The van der Waals surface area contributed by atoms with Crippen LogP contribution in [0.1, 0.15) is 5.56 Å². The van der Waals surface area contributed by atoms with Crippen molar-refractivity contribution in [1.82, 2.24) is 9.80 Å². The van der Waals surface area contributed by atoms with E-state index in [4.69, 9.17) is 0 Å².